The van der Waals surface area contributed by atoms with Crippen molar-refractivity contribution in [2.75, 3.05) is 19.8 Å². The number of ether oxygens (including phenoxy) is 1. The molecular weight excluding hydrogens is 288 g/mol. The zero-order valence-electron chi connectivity index (χ0n) is 13.8. The maximum absolute atomic E-state index is 10.9. The Balaban J connectivity index is 1.50. The highest BCUT2D eigenvalue weighted by atomic mass is 16.5. The minimum absolute atomic E-state index is 0.450. The van der Waals surface area contributed by atoms with Crippen LogP contribution in [0.3, 0.4) is 0 Å². The van der Waals surface area contributed by atoms with Gasteiger partial charge in [0.15, 0.2) is 0 Å². The predicted molar refractivity (Wildman–Crippen MR) is 91.5 cm³/mol. The van der Waals surface area contributed by atoms with E-state index in [0.29, 0.717) is 38.0 Å². The zero-order valence-corrected chi connectivity index (χ0v) is 13.8. The van der Waals surface area contributed by atoms with Crippen LogP contribution in [0.2, 0.25) is 0 Å². The Labute approximate surface area is 138 Å². The Hall–Kier alpha value is -1.23. The van der Waals surface area contributed by atoms with Gasteiger partial charge in [0.05, 0.1) is 11.3 Å². The maximum Gasteiger partial charge on any atom is 0.0907 e. The van der Waals surface area contributed by atoms with Crippen molar-refractivity contribution in [3.63, 3.8) is 0 Å². The molecule has 2 fully saturated rings. The molecule has 0 aromatic carbocycles. The second-order valence-corrected chi connectivity index (χ2v) is 7.25. The van der Waals surface area contributed by atoms with Crippen LogP contribution in [0.25, 0.3) is 0 Å². The smallest absolute Gasteiger partial charge is 0.0907 e. The number of allylic oxidation sites excluding steroid dienone is 4. The SMILES string of the molecule is CC(C1=CC2=CC=C(C3(O)CCOCC3)CC2=N1)C1CCCN1. The molecule has 0 radical (unpaired) electrons. The van der Waals surface area contributed by atoms with Gasteiger partial charge in [-0.1, -0.05) is 19.1 Å². The van der Waals surface area contributed by atoms with E-state index in [1.807, 2.05) is 0 Å². The summed E-state index contributed by atoms with van der Waals surface area (Å²) in [5.74, 6) is 0.450. The third-order valence-corrected chi connectivity index (χ3v) is 5.81. The Bertz CT molecular complexity index is 603. The fraction of sp³-hybridized carbons (Fsp3) is 0.632. The van der Waals surface area contributed by atoms with Gasteiger partial charge in [0.1, 0.15) is 0 Å². The number of rotatable bonds is 3. The van der Waals surface area contributed by atoms with E-state index in [2.05, 4.69) is 30.5 Å². The van der Waals surface area contributed by atoms with Gasteiger partial charge >= 0.3 is 0 Å². The second kappa shape index (κ2) is 6.00. The summed E-state index contributed by atoms with van der Waals surface area (Å²) in [6.07, 6.45) is 11.1. The molecule has 2 unspecified atom stereocenters. The van der Waals surface area contributed by atoms with Gasteiger partial charge in [-0.3, -0.25) is 4.99 Å². The Morgan fingerprint density at radius 3 is 2.91 bits per heavy atom. The molecule has 3 aliphatic heterocycles. The first-order valence-corrected chi connectivity index (χ1v) is 8.90. The molecule has 23 heavy (non-hydrogen) atoms. The molecule has 0 spiro atoms. The maximum atomic E-state index is 10.9. The summed E-state index contributed by atoms with van der Waals surface area (Å²) in [4.78, 5) is 4.92. The molecular formula is C19H26N2O2. The fourth-order valence-electron chi connectivity index (χ4n) is 4.14. The Morgan fingerprint density at radius 2 is 2.17 bits per heavy atom. The normalized spacial score (nSPS) is 31.0. The molecule has 0 aromatic heterocycles. The van der Waals surface area contributed by atoms with E-state index in [1.165, 1.54) is 24.1 Å². The third-order valence-electron chi connectivity index (χ3n) is 5.81. The highest BCUT2D eigenvalue weighted by molar-refractivity contribution is 6.08. The van der Waals surface area contributed by atoms with Crippen LogP contribution < -0.4 is 5.32 Å². The highest BCUT2D eigenvalue weighted by Crippen LogP contribution is 2.37. The minimum atomic E-state index is -0.704. The van der Waals surface area contributed by atoms with Gasteiger partial charge in [0, 0.05) is 50.1 Å². The molecule has 2 saturated heterocycles. The lowest BCUT2D eigenvalue weighted by Gasteiger charge is -2.35. The number of fused-ring (bicyclic) bond motifs is 1. The number of aliphatic hydroxyl groups is 1. The molecule has 2 N–H and O–H groups in total. The van der Waals surface area contributed by atoms with Gasteiger partial charge in [0.25, 0.3) is 0 Å². The molecule has 0 aromatic rings. The molecule has 124 valence electrons. The number of nitrogens with zero attached hydrogens (tertiary/aromatic N) is 1. The van der Waals surface area contributed by atoms with Crippen molar-refractivity contribution in [3.8, 4) is 0 Å². The summed E-state index contributed by atoms with van der Waals surface area (Å²) >= 11 is 0. The Kier molecular flexibility index (Phi) is 4.00. The monoisotopic (exact) mass is 314 g/mol. The van der Waals surface area contributed by atoms with E-state index in [4.69, 9.17) is 9.73 Å². The van der Waals surface area contributed by atoms with Crippen molar-refractivity contribution in [2.24, 2.45) is 10.9 Å². The first kappa shape index (κ1) is 15.3. The first-order chi connectivity index (χ1) is 11.2. The number of hydrogen-bond donors (Lipinski definition) is 2. The van der Waals surface area contributed by atoms with Crippen LogP contribution in [0.4, 0.5) is 0 Å². The van der Waals surface area contributed by atoms with Crippen LogP contribution >= 0.6 is 0 Å². The van der Waals surface area contributed by atoms with E-state index >= 15 is 0 Å². The van der Waals surface area contributed by atoms with Crippen LogP contribution in [-0.4, -0.2) is 42.2 Å². The second-order valence-electron chi connectivity index (χ2n) is 7.25. The van der Waals surface area contributed by atoms with Crippen LogP contribution in [0.5, 0.6) is 0 Å². The van der Waals surface area contributed by atoms with E-state index in [9.17, 15) is 5.11 Å². The molecule has 4 heteroatoms. The minimum Gasteiger partial charge on any atom is -0.385 e. The zero-order chi connectivity index (χ0) is 15.9. The lowest BCUT2D eigenvalue weighted by Crippen LogP contribution is -2.39. The van der Waals surface area contributed by atoms with Gasteiger partial charge in [-0.25, -0.2) is 0 Å². The molecule has 3 heterocycles. The van der Waals surface area contributed by atoms with Crippen LogP contribution in [0.1, 0.15) is 39.0 Å². The largest absolute Gasteiger partial charge is 0.385 e. The average molecular weight is 314 g/mol. The molecule has 0 bridgehead atoms. The summed E-state index contributed by atoms with van der Waals surface area (Å²) in [6.45, 7) is 4.69. The molecule has 4 rings (SSSR count). The van der Waals surface area contributed by atoms with E-state index in [-0.39, 0.29) is 0 Å². The van der Waals surface area contributed by atoms with Crippen molar-refractivity contribution < 1.29 is 9.84 Å². The quantitative estimate of drug-likeness (QED) is 0.841. The van der Waals surface area contributed by atoms with Crippen LogP contribution in [0, 0.1) is 5.92 Å². The van der Waals surface area contributed by atoms with Crippen molar-refractivity contribution in [3.05, 3.63) is 35.1 Å². The average Bonchev–Trinajstić information content (AvgIpc) is 3.23. The lowest BCUT2D eigenvalue weighted by molar-refractivity contribution is -0.0401. The molecule has 0 amide bonds. The predicted octanol–water partition coefficient (Wildman–Crippen LogP) is 2.51. The van der Waals surface area contributed by atoms with Crippen molar-refractivity contribution in [2.45, 2.75) is 50.7 Å². The van der Waals surface area contributed by atoms with Crippen LogP contribution in [-0.2, 0) is 4.74 Å². The molecule has 1 aliphatic carbocycles. The molecule has 4 aliphatic rings. The van der Waals surface area contributed by atoms with E-state index in [0.717, 1.165) is 24.3 Å². The van der Waals surface area contributed by atoms with Gasteiger partial charge in [-0.05, 0) is 36.6 Å². The van der Waals surface area contributed by atoms with Gasteiger partial charge in [-0.15, -0.1) is 0 Å². The van der Waals surface area contributed by atoms with Crippen molar-refractivity contribution in [1.29, 1.82) is 0 Å². The molecule has 4 nitrogen and oxygen atoms in total. The Morgan fingerprint density at radius 1 is 1.35 bits per heavy atom. The summed E-state index contributed by atoms with van der Waals surface area (Å²) in [5, 5.41) is 14.5. The molecule has 2 atom stereocenters. The third kappa shape index (κ3) is 2.84. The highest BCUT2D eigenvalue weighted by Gasteiger charge is 2.36. The van der Waals surface area contributed by atoms with Gasteiger partial charge < -0.3 is 15.2 Å². The van der Waals surface area contributed by atoms with Crippen molar-refractivity contribution >= 4 is 5.71 Å². The van der Waals surface area contributed by atoms with Gasteiger partial charge in [0.2, 0.25) is 0 Å². The number of nitrogens with one attached hydrogen (secondary N) is 1. The molecule has 0 saturated carbocycles. The summed E-state index contributed by atoms with van der Waals surface area (Å²) in [6, 6.07) is 0.554. The first-order valence-electron chi connectivity index (χ1n) is 8.90. The van der Waals surface area contributed by atoms with E-state index < -0.39 is 5.60 Å². The number of aliphatic imine (C=N–C) groups is 1. The van der Waals surface area contributed by atoms with Gasteiger partial charge in [-0.2, -0.15) is 0 Å². The summed E-state index contributed by atoms with van der Waals surface area (Å²) in [7, 11) is 0. The van der Waals surface area contributed by atoms with Crippen molar-refractivity contribution in [1.82, 2.24) is 5.32 Å². The fourth-order valence-corrected chi connectivity index (χ4v) is 4.14. The number of hydrogen-bond acceptors (Lipinski definition) is 4. The summed E-state index contributed by atoms with van der Waals surface area (Å²) in [5.41, 5.74) is 3.94. The standard InChI is InChI=1S/C19H26N2O2/c1-13(16-3-2-8-20-16)17-11-14-4-5-15(12-18(14)21-17)19(22)6-9-23-10-7-19/h4-5,11,13,16,20,22H,2-3,6-10,12H2,1H3. The summed E-state index contributed by atoms with van der Waals surface area (Å²) < 4.78 is 5.40. The lowest BCUT2D eigenvalue weighted by atomic mass is 9.80. The van der Waals surface area contributed by atoms with Crippen LogP contribution in [0.15, 0.2) is 40.1 Å². The topological polar surface area (TPSA) is 53.9 Å². The van der Waals surface area contributed by atoms with E-state index in [1.54, 1.807) is 0 Å².